The number of aliphatic carboxylic acids is 1. The van der Waals surface area contributed by atoms with E-state index in [0.717, 1.165) is 0 Å². The molecule has 1 fully saturated rings. The van der Waals surface area contributed by atoms with Crippen LogP contribution in [0.3, 0.4) is 0 Å². The molecule has 5 atom stereocenters. The van der Waals surface area contributed by atoms with Gasteiger partial charge in [-0.2, -0.15) is 0 Å². The van der Waals surface area contributed by atoms with Crippen LogP contribution in [0.4, 0.5) is 0 Å². The smallest absolute Gasteiger partial charge is 0.335 e. The summed E-state index contributed by atoms with van der Waals surface area (Å²) in [5, 5.41) is 48.5. The van der Waals surface area contributed by atoms with Crippen LogP contribution < -0.4 is 10.2 Å². The Balaban J connectivity index is 1.57. The van der Waals surface area contributed by atoms with E-state index >= 15 is 0 Å². The lowest BCUT2D eigenvalue weighted by Gasteiger charge is -2.38. The van der Waals surface area contributed by atoms with Gasteiger partial charge in [-0.25, -0.2) is 4.79 Å². The second kappa shape index (κ2) is 8.00. The number of phenolic OH excluding ortho intramolecular Hbond substituents is 1. The van der Waals surface area contributed by atoms with Gasteiger partial charge >= 0.3 is 5.97 Å². The van der Waals surface area contributed by atoms with E-state index in [4.69, 9.17) is 19.0 Å². The summed E-state index contributed by atoms with van der Waals surface area (Å²) in [6.45, 7) is 0. The summed E-state index contributed by atoms with van der Waals surface area (Å²) in [4.78, 5) is 23.9. The standard InChI is InChI=1S/C21H18O10/c22-10-3-6-12-14(7-10)29-8-13(15(12)23)9-1-4-11(5-2-9)30-21-18(26)16(24)17(25)19(31-21)20(27)28/h1-8,16-19,21-22,24-26H,(H,27,28). The summed E-state index contributed by atoms with van der Waals surface area (Å²) in [6, 6.07) is 10.2. The van der Waals surface area contributed by atoms with Gasteiger partial charge in [-0.1, -0.05) is 12.1 Å². The molecule has 3 aromatic rings. The van der Waals surface area contributed by atoms with Crippen molar-refractivity contribution in [2.75, 3.05) is 0 Å². The number of carbonyl (C=O) groups is 1. The zero-order valence-corrected chi connectivity index (χ0v) is 15.8. The summed E-state index contributed by atoms with van der Waals surface area (Å²) in [7, 11) is 0. The largest absolute Gasteiger partial charge is 0.508 e. The second-order valence-electron chi connectivity index (χ2n) is 7.04. The Morgan fingerprint density at radius 3 is 2.35 bits per heavy atom. The van der Waals surface area contributed by atoms with Crippen molar-refractivity contribution >= 4 is 16.9 Å². The van der Waals surface area contributed by atoms with E-state index in [1.807, 2.05) is 0 Å². The van der Waals surface area contributed by atoms with Gasteiger partial charge in [0.05, 0.1) is 10.9 Å². The van der Waals surface area contributed by atoms with Crippen molar-refractivity contribution in [3.05, 3.63) is 59.0 Å². The monoisotopic (exact) mass is 430 g/mol. The first-order valence-electron chi connectivity index (χ1n) is 9.20. The third-order valence-electron chi connectivity index (χ3n) is 4.99. The van der Waals surface area contributed by atoms with E-state index < -0.39 is 36.7 Å². The fourth-order valence-electron chi connectivity index (χ4n) is 3.31. The fourth-order valence-corrected chi connectivity index (χ4v) is 3.31. The van der Waals surface area contributed by atoms with Gasteiger partial charge in [0, 0.05) is 6.07 Å². The van der Waals surface area contributed by atoms with E-state index in [1.165, 1.54) is 36.6 Å². The molecule has 0 aliphatic carbocycles. The topological polar surface area (TPSA) is 167 Å². The van der Waals surface area contributed by atoms with Crippen LogP contribution in [0, 0.1) is 0 Å². The number of hydrogen-bond donors (Lipinski definition) is 5. The minimum atomic E-state index is -1.82. The van der Waals surface area contributed by atoms with Crippen LogP contribution in [0.15, 0.2) is 57.9 Å². The van der Waals surface area contributed by atoms with Crippen molar-refractivity contribution in [1.82, 2.24) is 0 Å². The first-order chi connectivity index (χ1) is 14.8. The molecule has 10 nitrogen and oxygen atoms in total. The predicted molar refractivity (Wildman–Crippen MR) is 105 cm³/mol. The summed E-state index contributed by atoms with van der Waals surface area (Å²) in [6.07, 6.45) is -7.32. The molecule has 0 radical (unpaired) electrons. The number of phenols is 1. The maximum absolute atomic E-state index is 12.7. The highest BCUT2D eigenvalue weighted by molar-refractivity contribution is 5.82. The van der Waals surface area contributed by atoms with Gasteiger partial charge in [0.1, 0.15) is 41.7 Å². The highest BCUT2D eigenvalue weighted by atomic mass is 16.7. The Morgan fingerprint density at radius 1 is 0.968 bits per heavy atom. The number of aromatic hydroxyl groups is 1. The summed E-state index contributed by atoms with van der Waals surface area (Å²) >= 11 is 0. The van der Waals surface area contributed by atoms with Gasteiger partial charge < -0.3 is 39.4 Å². The molecule has 0 spiro atoms. The molecular formula is C21H18O10. The maximum Gasteiger partial charge on any atom is 0.335 e. The minimum Gasteiger partial charge on any atom is -0.508 e. The van der Waals surface area contributed by atoms with E-state index in [-0.39, 0.29) is 28.1 Å². The van der Waals surface area contributed by atoms with Gasteiger partial charge in [0.15, 0.2) is 11.5 Å². The number of rotatable bonds is 4. The van der Waals surface area contributed by atoms with Crippen molar-refractivity contribution < 1.29 is 44.2 Å². The van der Waals surface area contributed by atoms with Crippen LogP contribution >= 0.6 is 0 Å². The van der Waals surface area contributed by atoms with Crippen LogP contribution in [0.5, 0.6) is 11.5 Å². The lowest BCUT2D eigenvalue weighted by molar-refractivity contribution is -0.271. The number of hydrogen-bond acceptors (Lipinski definition) is 9. The molecule has 0 amide bonds. The molecule has 0 saturated carbocycles. The van der Waals surface area contributed by atoms with Crippen molar-refractivity contribution in [1.29, 1.82) is 0 Å². The molecule has 10 heteroatoms. The Kier molecular flexibility index (Phi) is 5.38. The molecule has 162 valence electrons. The van der Waals surface area contributed by atoms with Crippen LogP contribution in [-0.2, 0) is 9.53 Å². The Bertz CT molecular complexity index is 1170. The molecule has 2 aromatic carbocycles. The van der Waals surface area contributed by atoms with Crippen molar-refractivity contribution in [3.63, 3.8) is 0 Å². The summed E-state index contributed by atoms with van der Waals surface area (Å²) in [5.74, 6) is -1.38. The van der Waals surface area contributed by atoms with E-state index in [9.17, 15) is 30.0 Å². The van der Waals surface area contributed by atoms with Gasteiger partial charge in [0.2, 0.25) is 6.29 Å². The van der Waals surface area contributed by atoms with Crippen molar-refractivity contribution in [2.24, 2.45) is 0 Å². The number of aliphatic hydroxyl groups excluding tert-OH is 3. The molecule has 1 aromatic heterocycles. The molecule has 1 aliphatic rings. The van der Waals surface area contributed by atoms with E-state index in [0.29, 0.717) is 10.9 Å². The van der Waals surface area contributed by atoms with Crippen molar-refractivity contribution in [3.8, 4) is 22.6 Å². The Hall–Kier alpha value is -3.44. The number of carboxylic acid groups (broad SMARTS) is 1. The van der Waals surface area contributed by atoms with Crippen molar-refractivity contribution in [2.45, 2.75) is 30.7 Å². The number of carboxylic acids is 1. The molecule has 1 aliphatic heterocycles. The quantitative estimate of drug-likeness (QED) is 0.392. The molecule has 31 heavy (non-hydrogen) atoms. The zero-order chi connectivity index (χ0) is 22.3. The third-order valence-corrected chi connectivity index (χ3v) is 4.99. The van der Waals surface area contributed by atoms with Gasteiger partial charge in [0.25, 0.3) is 0 Å². The molecule has 5 unspecified atom stereocenters. The fraction of sp³-hybridized carbons (Fsp3) is 0.238. The molecular weight excluding hydrogens is 412 g/mol. The van der Waals surface area contributed by atoms with Gasteiger partial charge in [-0.3, -0.25) is 4.79 Å². The average molecular weight is 430 g/mol. The normalized spacial score (nSPS) is 26.0. The summed E-state index contributed by atoms with van der Waals surface area (Å²) in [5.41, 5.74) is 0.705. The Morgan fingerprint density at radius 2 is 1.68 bits per heavy atom. The number of ether oxygens (including phenoxy) is 2. The first-order valence-corrected chi connectivity index (χ1v) is 9.20. The molecule has 4 rings (SSSR count). The first kappa shape index (κ1) is 20.8. The summed E-state index contributed by atoms with van der Waals surface area (Å²) < 4.78 is 15.9. The van der Waals surface area contributed by atoms with Crippen LogP contribution in [0.1, 0.15) is 0 Å². The van der Waals surface area contributed by atoms with Gasteiger partial charge in [-0.15, -0.1) is 0 Å². The van der Waals surface area contributed by atoms with Crippen LogP contribution in [0.2, 0.25) is 0 Å². The van der Waals surface area contributed by atoms with E-state index in [1.54, 1.807) is 12.1 Å². The molecule has 0 bridgehead atoms. The average Bonchev–Trinajstić information content (AvgIpc) is 2.74. The highest BCUT2D eigenvalue weighted by Crippen LogP contribution is 2.27. The second-order valence-corrected chi connectivity index (χ2v) is 7.04. The number of benzene rings is 2. The number of fused-ring (bicyclic) bond motifs is 1. The van der Waals surface area contributed by atoms with Gasteiger partial charge in [-0.05, 0) is 29.8 Å². The maximum atomic E-state index is 12.7. The third kappa shape index (κ3) is 3.84. The van der Waals surface area contributed by atoms with Crippen LogP contribution in [-0.4, -0.2) is 62.2 Å². The minimum absolute atomic E-state index is 0.0280. The highest BCUT2D eigenvalue weighted by Gasteiger charge is 2.48. The SMILES string of the molecule is O=C(O)C1OC(Oc2ccc(-c3coc4cc(O)ccc4c3=O)cc2)C(O)C(O)C1O. The van der Waals surface area contributed by atoms with Crippen LogP contribution in [0.25, 0.3) is 22.1 Å². The lowest BCUT2D eigenvalue weighted by Crippen LogP contribution is -2.61. The molecule has 2 heterocycles. The Labute approximate surface area is 174 Å². The molecule has 1 saturated heterocycles. The predicted octanol–water partition coefficient (Wildman–Crippen LogP) is 0.437. The molecule has 5 N–H and O–H groups in total. The number of aliphatic hydroxyl groups is 3. The lowest BCUT2D eigenvalue weighted by atomic mass is 9.99. The zero-order valence-electron chi connectivity index (χ0n) is 15.8. The van der Waals surface area contributed by atoms with E-state index in [2.05, 4.69) is 0 Å².